The molecule has 0 radical (unpaired) electrons. The van der Waals surface area contributed by atoms with Gasteiger partial charge in [-0.3, -0.25) is 4.55 Å². The molecule has 0 aromatic heterocycles. The molecule has 0 unspecified atom stereocenters. The zero-order valence-corrected chi connectivity index (χ0v) is 49.6. The smallest absolute Gasteiger partial charge is 0.264 e. The number of unbranched alkanes of at least 4 members (excludes halogenated alkanes) is 6. The van der Waals surface area contributed by atoms with E-state index in [1.165, 1.54) is 50.5 Å². The van der Waals surface area contributed by atoms with E-state index in [1.807, 2.05) is 0 Å². The number of aryl methyl sites for hydroxylation is 1. The fourth-order valence-corrected chi connectivity index (χ4v) is 7.14. The molecular weight excluding hydrogens is 1070 g/mol. The molecule has 0 spiro atoms. The summed E-state index contributed by atoms with van der Waals surface area (Å²) < 4.78 is 140. The van der Waals surface area contributed by atoms with Gasteiger partial charge in [0.25, 0.3) is 10.1 Å². The van der Waals surface area contributed by atoms with Crippen LogP contribution in [0.25, 0.3) is 0 Å². The lowest BCUT2D eigenvalue weighted by molar-refractivity contribution is -0.0312. The van der Waals surface area contributed by atoms with Crippen LogP contribution >= 0.6 is 0 Å². The van der Waals surface area contributed by atoms with Crippen LogP contribution in [0.5, 0.6) is 5.75 Å². The van der Waals surface area contributed by atoms with E-state index in [0.717, 1.165) is 12.2 Å². The van der Waals surface area contributed by atoms with E-state index in [4.69, 9.17) is 99.3 Å². The monoisotopic (exact) mass is 1180 g/mol. The van der Waals surface area contributed by atoms with Crippen molar-refractivity contribution in [2.75, 3.05) is 263 Å². The third-order valence-corrected chi connectivity index (χ3v) is 11.7. The zero-order valence-electron chi connectivity index (χ0n) is 48.8. The van der Waals surface area contributed by atoms with Crippen molar-refractivity contribution in [2.45, 2.75) is 64.7 Å². The van der Waals surface area contributed by atoms with E-state index in [2.05, 4.69) is 31.2 Å². The third kappa shape index (κ3) is 63.7. The molecule has 474 valence electrons. The fourth-order valence-electron chi connectivity index (χ4n) is 6.66. The van der Waals surface area contributed by atoms with E-state index >= 15 is 0 Å². The summed E-state index contributed by atoms with van der Waals surface area (Å²) in [5.41, 5.74) is 1.37. The fraction of sp³-hybridized carbons (Fsp3) is 0.893. The molecule has 0 aliphatic rings. The van der Waals surface area contributed by atoms with Gasteiger partial charge in [0.2, 0.25) is 0 Å². The Hall–Kier alpha value is -1.83. The molecule has 1 N–H and O–H groups in total. The van der Waals surface area contributed by atoms with E-state index in [0.29, 0.717) is 251 Å². The van der Waals surface area contributed by atoms with E-state index in [1.54, 1.807) is 0 Å². The highest BCUT2D eigenvalue weighted by molar-refractivity contribution is 7.85. The Kier molecular flexibility index (Phi) is 61.6. The second-order valence-corrected chi connectivity index (χ2v) is 19.2. The summed E-state index contributed by atoms with van der Waals surface area (Å²) in [6.07, 6.45) is 10.7. The molecular formula is C56H106O23S. The summed E-state index contributed by atoms with van der Waals surface area (Å²) in [6.45, 7) is 20.6. The van der Waals surface area contributed by atoms with E-state index < -0.39 is 10.1 Å². The van der Waals surface area contributed by atoms with E-state index in [9.17, 15) is 8.42 Å². The largest absolute Gasteiger partial charge is 0.491 e. The van der Waals surface area contributed by atoms with Crippen molar-refractivity contribution >= 4 is 10.1 Å². The first-order valence-electron chi connectivity index (χ1n) is 29.1. The van der Waals surface area contributed by atoms with Crippen LogP contribution in [-0.2, 0) is 107 Å². The first-order valence-corrected chi connectivity index (χ1v) is 30.8. The lowest BCUT2D eigenvalue weighted by Crippen LogP contribution is -2.16. The normalized spacial score (nSPS) is 11.9. The molecule has 0 aliphatic heterocycles. The van der Waals surface area contributed by atoms with Gasteiger partial charge < -0.3 is 94.7 Å². The van der Waals surface area contributed by atoms with Crippen molar-refractivity contribution in [1.82, 2.24) is 0 Å². The summed E-state index contributed by atoms with van der Waals surface area (Å²) in [7, 11) is -3.94. The Labute approximate surface area is 480 Å². The Balaban J connectivity index is 1.62. The Morgan fingerprint density at radius 1 is 0.275 bits per heavy atom. The maximum absolute atomic E-state index is 10.6. The Morgan fingerprint density at radius 2 is 0.487 bits per heavy atom. The molecule has 1 aromatic rings. The molecule has 0 fully saturated rings. The predicted molar refractivity (Wildman–Crippen MR) is 300 cm³/mol. The average molecular weight is 1180 g/mol. The molecule has 0 bridgehead atoms. The standard InChI is InChI=1S/C56H106O23S/c1-2-3-4-5-6-7-8-10-55-11-13-56(14-12-55)79-53-52-78-51-50-77-49-48-76-47-46-75-45-44-74-43-42-73-41-40-72-39-38-71-37-36-70-35-34-69-33-32-68-31-30-67-29-28-66-27-26-65-25-24-64-23-22-63-21-20-62-19-18-61-17-16-60-15-9-54-80(57,58)59/h11-14H,2-10,15-54H2,1H3,(H,57,58,59). The van der Waals surface area contributed by atoms with Gasteiger partial charge in [-0.15, -0.1) is 0 Å². The molecule has 1 aromatic carbocycles. The Morgan fingerprint density at radius 3 is 0.725 bits per heavy atom. The minimum absolute atomic E-state index is 0.241. The van der Waals surface area contributed by atoms with Crippen LogP contribution in [0.1, 0.15) is 63.9 Å². The van der Waals surface area contributed by atoms with Crippen LogP contribution in [0.3, 0.4) is 0 Å². The minimum Gasteiger partial charge on any atom is -0.491 e. The maximum atomic E-state index is 10.6. The molecule has 80 heavy (non-hydrogen) atoms. The first-order chi connectivity index (χ1) is 39.5. The second-order valence-electron chi connectivity index (χ2n) is 17.6. The molecule has 23 nitrogen and oxygen atoms in total. The maximum Gasteiger partial charge on any atom is 0.264 e. The molecule has 0 saturated carbocycles. The molecule has 0 saturated heterocycles. The molecule has 0 atom stereocenters. The SMILES string of the molecule is CCCCCCCCCc1ccc(OCCOCCOCCOCCOCCOCCOCCOCCOCCOCCOCCOCCOCCOCCOCCOCCOCCOCCOCCOCCCS(=O)(=O)O)cc1. The summed E-state index contributed by atoms with van der Waals surface area (Å²) >= 11 is 0. The summed E-state index contributed by atoms with van der Waals surface area (Å²) in [5.74, 6) is 0.569. The lowest BCUT2D eigenvalue weighted by atomic mass is 10.0. The summed E-state index contributed by atoms with van der Waals surface area (Å²) in [4.78, 5) is 0. The van der Waals surface area contributed by atoms with Gasteiger partial charge in [-0.25, -0.2) is 0 Å². The van der Waals surface area contributed by atoms with Crippen LogP contribution in [0, 0.1) is 0 Å². The van der Waals surface area contributed by atoms with Gasteiger partial charge in [-0.1, -0.05) is 57.6 Å². The van der Waals surface area contributed by atoms with Crippen molar-refractivity contribution < 1.29 is 108 Å². The molecule has 0 heterocycles. The van der Waals surface area contributed by atoms with Gasteiger partial charge in [0.1, 0.15) is 12.4 Å². The average Bonchev–Trinajstić information content (AvgIpc) is 3.45. The highest BCUT2D eigenvalue weighted by atomic mass is 32.2. The molecule has 0 amide bonds. The topological polar surface area (TPSA) is 239 Å². The highest BCUT2D eigenvalue weighted by Crippen LogP contribution is 2.15. The summed E-state index contributed by atoms with van der Waals surface area (Å²) in [6, 6.07) is 8.44. The van der Waals surface area contributed by atoms with Gasteiger partial charge in [0.05, 0.1) is 250 Å². The van der Waals surface area contributed by atoms with Crippen molar-refractivity contribution in [3.8, 4) is 5.75 Å². The van der Waals surface area contributed by atoms with Gasteiger partial charge in [0.15, 0.2) is 0 Å². The van der Waals surface area contributed by atoms with Gasteiger partial charge in [-0.2, -0.15) is 8.42 Å². The Bertz CT molecular complexity index is 1440. The molecule has 24 heteroatoms. The van der Waals surface area contributed by atoms with Crippen LogP contribution in [-0.4, -0.2) is 276 Å². The number of hydrogen-bond acceptors (Lipinski definition) is 22. The number of hydrogen-bond donors (Lipinski definition) is 1. The molecule has 1 rings (SSSR count). The highest BCUT2D eigenvalue weighted by Gasteiger charge is 2.04. The van der Waals surface area contributed by atoms with E-state index in [-0.39, 0.29) is 18.8 Å². The van der Waals surface area contributed by atoms with Crippen molar-refractivity contribution in [2.24, 2.45) is 0 Å². The van der Waals surface area contributed by atoms with Crippen LogP contribution in [0.4, 0.5) is 0 Å². The quantitative estimate of drug-likeness (QED) is 0.0670. The predicted octanol–water partition coefficient (Wildman–Crippen LogP) is 4.95. The minimum atomic E-state index is -3.94. The van der Waals surface area contributed by atoms with Crippen LogP contribution < -0.4 is 4.74 Å². The van der Waals surface area contributed by atoms with Crippen molar-refractivity contribution in [3.05, 3.63) is 29.8 Å². The van der Waals surface area contributed by atoms with Gasteiger partial charge in [0, 0.05) is 6.61 Å². The van der Waals surface area contributed by atoms with Gasteiger partial charge in [-0.05, 0) is 37.0 Å². The van der Waals surface area contributed by atoms with Crippen molar-refractivity contribution in [1.29, 1.82) is 0 Å². The zero-order chi connectivity index (χ0) is 57.3. The second kappa shape index (κ2) is 64.7. The van der Waals surface area contributed by atoms with Crippen LogP contribution in [0.2, 0.25) is 0 Å². The van der Waals surface area contributed by atoms with Crippen molar-refractivity contribution in [3.63, 3.8) is 0 Å². The number of ether oxygens (including phenoxy) is 20. The first kappa shape index (κ1) is 76.2. The number of rotatable bonds is 70. The lowest BCUT2D eigenvalue weighted by Gasteiger charge is -2.09. The van der Waals surface area contributed by atoms with Crippen LogP contribution in [0.15, 0.2) is 24.3 Å². The summed E-state index contributed by atoms with van der Waals surface area (Å²) in [5, 5.41) is 0. The third-order valence-electron chi connectivity index (χ3n) is 10.9. The molecule has 0 aliphatic carbocycles. The van der Waals surface area contributed by atoms with Gasteiger partial charge >= 0.3 is 0 Å². The number of benzene rings is 1.